The van der Waals surface area contributed by atoms with Crippen LogP contribution in [0, 0.1) is 0 Å². The van der Waals surface area contributed by atoms with Crippen LogP contribution in [-0.4, -0.2) is 74.1 Å². The van der Waals surface area contributed by atoms with E-state index in [2.05, 4.69) is 20.1 Å². The van der Waals surface area contributed by atoms with E-state index in [4.69, 9.17) is 5.11 Å². The first-order valence-corrected chi connectivity index (χ1v) is 7.34. The fourth-order valence-electron chi connectivity index (χ4n) is 3.34. The van der Waals surface area contributed by atoms with Crippen LogP contribution in [0.4, 0.5) is 0 Å². The summed E-state index contributed by atoms with van der Waals surface area (Å²) >= 11 is 0. The minimum atomic E-state index is -1.01. The molecule has 4 rings (SSSR count). The van der Waals surface area contributed by atoms with Crippen molar-refractivity contribution in [1.82, 2.24) is 24.8 Å². The number of carboxylic acid groups (broad SMARTS) is 1. The first kappa shape index (κ1) is 12.3. The van der Waals surface area contributed by atoms with E-state index >= 15 is 0 Å². The lowest BCUT2D eigenvalue weighted by Gasteiger charge is -2.42. The smallest absolute Gasteiger partial charge is 0.358 e. The highest BCUT2D eigenvalue weighted by Gasteiger charge is 2.40. The molecule has 7 heteroatoms. The summed E-state index contributed by atoms with van der Waals surface area (Å²) in [7, 11) is 0. The molecular formula is C13H19N5O2. The Balaban J connectivity index is 1.31. The van der Waals surface area contributed by atoms with Crippen LogP contribution in [0.1, 0.15) is 35.8 Å². The summed E-state index contributed by atoms with van der Waals surface area (Å²) in [6, 6.07) is 1.82. The van der Waals surface area contributed by atoms with Crippen molar-refractivity contribution in [2.24, 2.45) is 0 Å². The molecule has 3 fully saturated rings. The van der Waals surface area contributed by atoms with E-state index in [0.29, 0.717) is 6.04 Å². The van der Waals surface area contributed by atoms with Gasteiger partial charge in [0, 0.05) is 38.3 Å². The van der Waals surface area contributed by atoms with E-state index in [-0.39, 0.29) is 11.7 Å². The fourth-order valence-corrected chi connectivity index (χ4v) is 3.34. The van der Waals surface area contributed by atoms with Gasteiger partial charge in [0.15, 0.2) is 5.69 Å². The van der Waals surface area contributed by atoms with Crippen molar-refractivity contribution in [1.29, 1.82) is 0 Å². The van der Waals surface area contributed by atoms with Gasteiger partial charge in [-0.1, -0.05) is 5.21 Å². The SMILES string of the molecule is O=C(O)c1cn(C2CN(C3CCN(C4CC4)C3)C2)nn1. The molecule has 1 saturated carbocycles. The topological polar surface area (TPSA) is 74.5 Å². The average Bonchev–Trinajstić information content (AvgIpc) is 2.91. The van der Waals surface area contributed by atoms with Gasteiger partial charge in [0.05, 0.1) is 12.2 Å². The monoisotopic (exact) mass is 277 g/mol. The molecule has 1 N–H and O–H groups in total. The summed E-state index contributed by atoms with van der Waals surface area (Å²) in [5, 5.41) is 16.4. The molecule has 0 aromatic carbocycles. The Bertz CT molecular complexity index is 521. The Labute approximate surface area is 117 Å². The van der Waals surface area contributed by atoms with Gasteiger partial charge in [0.25, 0.3) is 0 Å². The number of likely N-dealkylation sites (tertiary alicyclic amines) is 2. The van der Waals surface area contributed by atoms with Crippen LogP contribution in [0.2, 0.25) is 0 Å². The number of carboxylic acids is 1. The molecule has 0 spiro atoms. The minimum Gasteiger partial charge on any atom is -0.476 e. The third kappa shape index (κ3) is 2.10. The van der Waals surface area contributed by atoms with Crippen LogP contribution in [0.5, 0.6) is 0 Å². The van der Waals surface area contributed by atoms with Gasteiger partial charge >= 0.3 is 5.97 Å². The third-order valence-electron chi connectivity index (χ3n) is 4.77. The molecule has 3 aliphatic rings. The van der Waals surface area contributed by atoms with Crippen LogP contribution in [0.3, 0.4) is 0 Å². The molecule has 1 aliphatic carbocycles. The van der Waals surface area contributed by atoms with Crippen molar-refractivity contribution in [3.63, 3.8) is 0 Å². The minimum absolute atomic E-state index is 0.0317. The first-order chi connectivity index (χ1) is 9.70. The zero-order chi connectivity index (χ0) is 13.7. The predicted molar refractivity (Wildman–Crippen MR) is 70.6 cm³/mol. The van der Waals surface area contributed by atoms with Crippen molar-refractivity contribution in [3.05, 3.63) is 11.9 Å². The normalized spacial score (nSPS) is 28.7. The summed E-state index contributed by atoms with van der Waals surface area (Å²) in [5.74, 6) is -1.01. The van der Waals surface area contributed by atoms with Gasteiger partial charge < -0.3 is 5.11 Å². The van der Waals surface area contributed by atoms with Gasteiger partial charge in [-0.05, 0) is 19.3 Å². The van der Waals surface area contributed by atoms with Crippen LogP contribution < -0.4 is 0 Å². The van der Waals surface area contributed by atoms with Crippen molar-refractivity contribution in [2.75, 3.05) is 26.2 Å². The predicted octanol–water partition coefficient (Wildman–Crippen LogP) is 0.0697. The summed E-state index contributed by atoms with van der Waals surface area (Å²) in [4.78, 5) is 15.9. The number of rotatable bonds is 4. The highest BCUT2D eigenvalue weighted by Crippen LogP contribution is 2.33. The second-order valence-electron chi connectivity index (χ2n) is 6.17. The van der Waals surface area contributed by atoms with Crippen LogP contribution in [-0.2, 0) is 0 Å². The van der Waals surface area contributed by atoms with E-state index in [0.717, 1.165) is 19.1 Å². The molecule has 20 heavy (non-hydrogen) atoms. The molecule has 2 aliphatic heterocycles. The average molecular weight is 277 g/mol. The molecule has 1 atom stereocenters. The number of hydrogen-bond acceptors (Lipinski definition) is 5. The van der Waals surface area contributed by atoms with Crippen molar-refractivity contribution < 1.29 is 9.90 Å². The largest absolute Gasteiger partial charge is 0.476 e. The van der Waals surface area contributed by atoms with Crippen LogP contribution >= 0.6 is 0 Å². The molecule has 2 saturated heterocycles. The molecular weight excluding hydrogens is 258 g/mol. The van der Waals surface area contributed by atoms with Gasteiger partial charge in [0.2, 0.25) is 0 Å². The molecule has 7 nitrogen and oxygen atoms in total. The number of aromatic carboxylic acids is 1. The summed E-state index contributed by atoms with van der Waals surface area (Å²) in [5.41, 5.74) is 0.0317. The molecule has 1 aromatic heterocycles. The summed E-state index contributed by atoms with van der Waals surface area (Å²) in [6.45, 7) is 4.37. The summed E-state index contributed by atoms with van der Waals surface area (Å²) < 4.78 is 1.70. The lowest BCUT2D eigenvalue weighted by Crippen LogP contribution is -2.53. The molecule has 0 amide bonds. The number of nitrogens with zero attached hydrogens (tertiary/aromatic N) is 5. The van der Waals surface area contributed by atoms with E-state index < -0.39 is 5.97 Å². The zero-order valence-corrected chi connectivity index (χ0v) is 11.4. The Hall–Kier alpha value is -1.47. The second-order valence-corrected chi connectivity index (χ2v) is 6.17. The summed E-state index contributed by atoms with van der Waals surface area (Å²) in [6.07, 6.45) is 5.56. The van der Waals surface area contributed by atoms with E-state index in [1.54, 1.807) is 4.68 Å². The number of aromatic nitrogens is 3. The van der Waals surface area contributed by atoms with Crippen molar-refractivity contribution in [2.45, 2.75) is 37.4 Å². The van der Waals surface area contributed by atoms with E-state index in [9.17, 15) is 4.79 Å². The van der Waals surface area contributed by atoms with Crippen molar-refractivity contribution >= 4 is 5.97 Å². The molecule has 3 heterocycles. The second kappa shape index (κ2) is 4.53. The van der Waals surface area contributed by atoms with Crippen molar-refractivity contribution in [3.8, 4) is 0 Å². The lowest BCUT2D eigenvalue weighted by atomic mass is 10.0. The zero-order valence-electron chi connectivity index (χ0n) is 11.4. The van der Waals surface area contributed by atoms with E-state index in [1.807, 2.05) is 0 Å². The van der Waals surface area contributed by atoms with E-state index in [1.165, 1.54) is 38.5 Å². The molecule has 108 valence electrons. The number of hydrogen-bond donors (Lipinski definition) is 1. The Morgan fingerprint density at radius 2 is 1.85 bits per heavy atom. The maximum Gasteiger partial charge on any atom is 0.358 e. The van der Waals surface area contributed by atoms with Gasteiger partial charge in [0.1, 0.15) is 0 Å². The van der Waals surface area contributed by atoms with Crippen LogP contribution in [0.15, 0.2) is 6.20 Å². The first-order valence-electron chi connectivity index (χ1n) is 7.34. The number of carbonyl (C=O) groups is 1. The maximum absolute atomic E-state index is 10.8. The maximum atomic E-state index is 10.8. The quantitative estimate of drug-likeness (QED) is 0.839. The molecule has 1 aromatic rings. The molecule has 0 radical (unpaired) electrons. The Kier molecular flexibility index (Phi) is 2.78. The third-order valence-corrected chi connectivity index (χ3v) is 4.77. The van der Waals surface area contributed by atoms with Gasteiger partial charge in [-0.2, -0.15) is 0 Å². The van der Waals surface area contributed by atoms with Gasteiger partial charge in [-0.3, -0.25) is 9.80 Å². The van der Waals surface area contributed by atoms with Gasteiger partial charge in [-0.25, -0.2) is 9.48 Å². The highest BCUT2D eigenvalue weighted by molar-refractivity contribution is 5.84. The fraction of sp³-hybridized carbons (Fsp3) is 0.769. The molecule has 0 bridgehead atoms. The Morgan fingerprint density at radius 1 is 1.10 bits per heavy atom. The van der Waals surface area contributed by atoms with Gasteiger partial charge in [-0.15, -0.1) is 5.10 Å². The Morgan fingerprint density at radius 3 is 2.50 bits per heavy atom. The van der Waals surface area contributed by atoms with Crippen LogP contribution in [0.25, 0.3) is 0 Å². The lowest BCUT2D eigenvalue weighted by molar-refractivity contribution is 0.0544. The molecule has 1 unspecified atom stereocenters. The highest BCUT2D eigenvalue weighted by atomic mass is 16.4. The standard InChI is InChI=1S/C13H19N5O2/c19-13(20)12-8-18(15-14-12)11-6-17(7-11)10-3-4-16(5-10)9-1-2-9/h8-11H,1-7H2,(H,19,20).